The third kappa shape index (κ3) is 2.72. The quantitative estimate of drug-likeness (QED) is 0.919. The van der Waals surface area contributed by atoms with Crippen molar-refractivity contribution in [3.63, 3.8) is 0 Å². The summed E-state index contributed by atoms with van der Waals surface area (Å²) in [5.41, 5.74) is 3.07. The second-order valence-electron chi connectivity index (χ2n) is 4.60. The highest BCUT2D eigenvalue weighted by atomic mass is 35.5. The van der Waals surface area contributed by atoms with Gasteiger partial charge < -0.3 is 5.11 Å². The molecule has 0 saturated heterocycles. The van der Waals surface area contributed by atoms with Crippen molar-refractivity contribution in [3.8, 4) is 0 Å². The summed E-state index contributed by atoms with van der Waals surface area (Å²) in [5.74, 6) is -0.335. The third-order valence-electron chi connectivity index (χ3n) is 3.45. The van der Waals surface area contributed by atoms with Crippen molar-refractivity contribution in [2.45, 2.75) is 39.8 Å². The average molecular weight is 297 g/mol. The van der Waals surface area contributed by atoms with Gasteiger partial charge in [-0.3, -0.25) is 4.68 Å². The van der Waals surface area contributed by atoms with E-state index in [-0.39, 0.29) is 19.0 Å². The molecule has 0 unspecified atom stereocenters. The number of aliphatic hydroxyl groups excluding tert-OH is 1. The number of aromatic nitrogens is 2. The van der Waals surface area contributed by atoms with Gasteiger partial charge in [-0.1, -0.05) is 31.5 Å². The van der Waals surface area contributed by atoms with Gasteiger partial charge in [0.25, 0.3) is 0 Å². The fourth-order valence-electron chi connectivity index (χ4n) is 2.42. The van der Waals surface area contributed by atoms with Crippen LogP contribution in [0.2, 0.25) is 5.02 Å². The zero-order chi connectivity index (χ0) is 14.7. The highest BCUT2D eigenvalue weighted by molar-refractivity contribution is 6.31. The first-order chi connectivity index (χ1) is 9.62. The number of aliphatic hydroxyl groups is 1. The van der Waals surface area contributed by atoms with Crippen LogP contribution in [0, 0.1) is 5.82 Å². The Kier molecular flexibility index (Phi) is 4.78. The summed E-state index contributed by atoms with van der Waals surface area (Å²) in [6, 6.07) is 4.65. The molecule has 3 nitrogen and oxygen atoms in total. The lowest BCUT2D eigenvalue weighted by molar-refractivity contribution is 0.279. The summed E-state index contributed by atoms with van der Waals surface area (Å²) in [5, 5.41) is 14.4. The Hall–Kier alpha value is -1.39. The first kappa shape index (κ1) is 15.0. The lowest BCUT2D eigenvalue weighted by Crippen LogP contribution is -2.08. The van der Waals surface area contributed by atoms with E-state index in [0.29, 0.717) is 10.6 Å². The smallest absolute Gasteiger partial charge is 0.129 e. The summed E-state index contributed by atoms with van der Waals surface area (Å²) >= 11 is 6.06. The molecule has 0 bridgehead atoms. The van der Waals surface area contributed by atoms with Gasteiger partial charge in [-0.05, 0) is 25.0 Å². The lowest BCUT2D eigenvalue weighted by Gasteiger charge is -2.09. The molecule has 2 aromatic rings. The van der Waals surface area contributed by atoms with Gasteiger partial charge in [0.05, 0.1) is 18.8 Å². The van der Waals surface area contributed by atoms with Gasteiger partial charge in [-0.25, -0.2) is 4.39 Å². The summed E-state index contributed by atoms with van der Waals surface area (Å²) < 4.78 is 15.6. The number of aryl methyl sites for hydroxylation is 1. The van der Waals surface area contributed by atoms with E-state index in [1.165, 1.54) is 6.07 Å². The van der Waals surface area contributed by atoms with Crippen LogP contribution in [0.5, 0.6) is 0 Å². The largest absolute Gasteiger partial charge is 0.392 e. The lowest BCUT2D eigenvalue weighted by atomic mass is 10.1. The van der Waals surface area contributed by atoms with E-state index < -0.39 is 0 Å². The zero-order valence-corrected chi connectivity index (χ0v) is 12.4. The van der Waals surface area contributed by atoms with Gasteiger partial charge in [0.15, 0.2) is 0 Å². The second kappa shape index (κ2) is 6.37. The minimum absolute atomic E-state index is 0.0443. The van der Waals surface area contributed by atoms with E-state index in [1.54, 1.807) is 16.8 Å². The van der Waals surface area contributed by atoms with Crippen LogP contribution >= 0.6 is 11.6 Å². The molecule has 0 fully saturated rings. The molecule has 20 heavy (non-hydrogen) atoms. The fourth-order valence-corrected chi connectivity index (χ4v) is 2.64. The monoisotopic (exact) mass is 296 g/mol. The molecule has 0 amide bonds. The first-order valence-corrected chi connectivity index (χ1v) is 7.11. The van der Waals surface area contributed by atoms with Crippen LogP contribution in [-0.4, -0.2) is 14.9 Å². The van der Waals surface area contributed by atoms with Gasteiger partial charge >= 0.3 is 0 Å². The van der Waals surface area contributed by atoms with Crippen molar-refractivity contribution in [1.82, 2.24) is 9.78 Å². The molecule has 0 radical (unpaired) electrons. The van der Waals surface area contributed by atoms with Gasteiger partial charge in [0.1, 0.15) is 5.82 Å². The van der Waals surface area contributed by atoms with Crippen molar-refractivity contribution in [2.24, 2.45) is 0 Å². The highest BCUT2D eigenvalue weighted by Crippen LogP contribution is 2.23. The van der Waals surface area contributed by atoms with Crippen LogP contribution in [0.4, 0.5) is 4.39 Å². The molecule has 0 saturated carbocycles. The third-order valence-corrected chi connectivity index (χ3v) is 3.80. The molecule has 0 atom stereocenters. The summed E-state index contributed by atoms with van der Waals surface area (Å²) in [4.78, 5) is 0. The molecule has 0 aliphatic rings. The molecule has 1 aromatic carbocycles. The number of rotatable bonds is 5. The molecule has 1 aromatic heterocycles. The van der Waals surface area contributed by atoms with Crippen molar-refractivity contribution in [3.05, 3.63) is 51.6 Å². The molecular formula is C15H18ClFN2O. The minimum Gasteiger partial charge on any atom is -0.392 e. The highest BCUT2D eigenvalue weighted by Gasteiger charge is 2.17. The Bertz CT molecular complexity index is 590. The average Bonchev–Trinajstić information content (AvgIpc) is 2.79. The Morgan fingerprint density at radius 3 is 2.55 bits per heavy atom. The maximum absolute atomic E-state index is 13.9. The minimum atomic E-state index is -0.335. The van der Waals surface area contributed by atoms with Crippen LogP contribution in [-0.2, 0) is 26.0 Å². The van der Waals surface area contributed by atoms with E-state index in [2.05, 4.69) is 5.10 Å². The Morgan fingerprint density at radius 2 is 2.00 bits per heavy atom. The Labute approximate surface area is 123 Å². The Balaban J connectivity index is 2.46. The number of halogens is 2. The molecule has 0 spiro atoms. The van der Waals surface area contributed by atoms with Gasteiger partial charge in [-0.15, -0.1) is 0 Å². The maximum Gasteiger partial charge on any atom is 0.129 e. The van der Waals surface area contributed by atoms with E-state index in [9.17, 15) is 9.50 Å². The molecule has 0 aliphatic heterocycles. The van der Waals surface area contributed by atoms with Crippen molar-refractivity contribution in [2.75, 3.05) is 0 Å². The van der Waals surface area contributed by atoms with E-state index >= 15 is 0 Å². The molecular weight excluding hydrogens is 279 g/mol. The number of hydrogen-bond donors (Lipinski definition) is 1. The van der Waals surface area contributed by atoms with Crippen LogP contribution in [0.15, 0.2) is 18.2 Å². The SMILES string of the molecule is CCc1nn(Cc2c(F)cccc2Cl)c(CC)c1CO. The van der Waals surface area contributed by atoms with E-state index in [0.717, 1.165) is 29.8 Å². The molecule has 2 rings (SSSR count). The molecule has 0 aliphatic carbocycles. The normalized spacial score (nSPS) is 11.1. The standard InChI is InChI=1S/C15H18ClFN2O/c1-3-14-11(9-20)15(4-2)19(18-14)8-10-12(16)6-5-7-13(10)17/h5-7,20H,3-4,8-9H2,1-2H3. The zero-order valence-electron chi connectivity index (χ0n) is 11.7. The maximum atomic E-state index is 13.9. The molecule has 1 heterocycles. The topological polar surface area (TPSA) is 38.0 Å². The predicted molar refractivity (Wildman–Crippen MR) is 77.4 cm³/mol. The second-order valence-corrected chi connectivity index (χ2v) is 5.00. The van der Waals surface area contributed by atoms with Crippen molar-refractivity contribution in [1.29, 1.82) is 0 Å². The van der Waals surface area contributed by atoms with E-state index in [4.69, 9.17) is 11.6 Å². The summed E-state index contributed by atoms with van der Waals surface area (Å²) in [6.07, 6.45) is 1.47. The first-order valence-electron chi connectivity index (χ1n) is 6.73. The van der Waals surface area contributed by atoms with Crippen LogP contribution in [0.1, 0.15) is 36.4 Å². The van der Waals surface area contributed by atoms with Crippen LogP contribution < -0.4 is 0 Å². The molecule has 5 heteroatoms. The Morgan fingerprint density at radius 1 is 1.25 bits per heavy atom. The van der Waals surface area contributed by atoms with Crippen LogP contribution in [0.25, 0.3) is 0 Å². The van der Waals surface area contributed by atoms with Gasteiger partial charge in [0.2, 0.25) is 0 Å². The van der Waals surface area contributed by atoms with Gasteiger partial charge in [-0.2, -0.15) is 5.10 Å². The van der Waals surface area contributed by atoms with E-state index in [1.807, 2.05) is 13.8 Å². The molecule has 1 N–H and O–H groups in total. The number of hydrogen-bond acceptors (Lipinski definition) is 2. The summed E-state index contributed by atoms with van der Waals surface area (Å²) in [6.45, 7) is 4.22. The fraction of sp³-hybridized carbons (Fsp3) is 0.400. The van der Waals surface area contributed by atoms with Crippen molar-refractivity contribution >= 4 is 11.6 Å². The summed E-state index contributed by atoms with van der Waals surface area (Å²) in [7, 11) is 0. The molecule has 108 valence electrons. The predicted octanol–water partition coefficient (Wildman–Crippen LogP) is 3.34. The van der Waals surface area contributed by atoms with Gasteiger partial charge in [0, 0.05) is 21.8 Å². The number of benzene rings is 1. The van der Waals surface area contributed by atoms with Crippen molar-refractivity contribution < 1.29 is 9.50 Å². The van der Waals surface area contributed by atoms with Crippen LogP contribution in [0.3, 0.4) is 0 Å². The number of nitrogens with zero attached hydrogens (tertiary/aromatic N) is 2.